The van der Waals surface area contributed by atoms with Gasteiger partial charge in [0.15, 0.2) is 0 Å². The molecule has 1 aromatic rings. The Labute approximate surface area is 97.9 Å². The van der Waals surface area contributed by atoms with Crippen LogP contribution in [0.1, 0.15) is 31.0 Å². The number of hydrogen-bond acceptors (Lipinski definition) is 3. The fourth-order valence-corrected chi connectivity index (χ4v) is 1.93. The van der Waals surface area contributed by atoms with Crippen molar-refractivity contribution in [3.63, 3.8) is 0 Å². The van der Waals surface area contributed by atoms with Crippen molar-refractivity contribution in [2.24, 2.45) is 0 Å². The van der Waals surface area contributed by atoms with Crippen LogP contribution in [-0.2, 0) is 0 Å². The molecule has 2 rings (SSSR count). The smallest absolute Gasteiger partial charge is 0.131 e. The molecule has 16 heavy (non-hydrogen) atoms. The molecule has 1 aliphatic heterocycles. The SMILES string of the molecule is Cc1ccc(C(C)C)nc1N(C)C1CNC1. The van der Waals surface area contributed by atoms with Crippen molar-refractivity contribution >= 4 is 5.82 Å². The second-order valence-corrected chi connectivity index (χ2v) is 4.95. The molecule has 1 N–H and O–H groups in total. The highest BCUT2D eigenvalue weighted by atomic mass is 15.3. The van der Waals surface area contributed by atoms with E-state index in [2.05, 4.69) is 50.2 Å². The number of pyridine rings is 1. The number of rotatable bonds is 3. The fourth-order valence-electron chi connectivity index (χ4n) is 1.93. The van der Waals surface area contributed by atoms with Gasteiger partial charge in [0.25, 0.3) is 0 Å². The van der Waals surface area contributed by atoms with E-state index in [-0.39, 0.29) is 0 Å². The maximum Gasteiger partial charge on any atom is 0.131 e. The Morgan fingerprint density at radius 3 is 2.56 bits per heavy atom. The Balaban J connectivity index is 2.27. The molecule has 0 saturated carbocycles. The van der Waals surface area contributed by atoms with Crippen molar-refractivity contribution in [1.82, 2.24) is 10.3 Å². The van der Waals surface area contributed by atoms with Gasteiger partial charge in [-0.1, -0.05) is 19.9 Å². The minimum absolute atomic E-state index is 0.493. The quantitative estimate of drug-likeness (QED) is 0.842. The molecule has 0 bridgehead atoms. The summed E-state index contributed by atoms with van der Waals surface area (Å²) in [7, 11) is 2.14. The fraction of sp³-hybridized carbons (Fsp3) is 0.615. The third-order valence-electron chi connectivity index (χ3n) is 3.33. The van der Waals surface area contributed by atoms with Crippen LogP contribution < -0.4 is 10.2 Å². The van der Waals surface area contributed by atoms with Gasteiger partial charge in [-0.05, 0) is 24.5 Å². The zero-order valence-corrected chi connectivity index (χ0v) is 10.6. The van der Waals surface area contributed by atoms with Crippen LogP contribution in [0.5, 0.6) is 0 Å². The molecule has 1 aromatic heterocycles. The molecule has 0 unspecified atom stereocenters. The summed E-state index contributed by atoms with van der Waals surface area (Å²) in [5.41, 5.74) is 2.44. The summed E-state index contributed by atoms with van der Waals surface area (Å²) in [6.07, 6.45) is 0. The van der Waals surface area contributed by atoms with Gasteiger partial charge in [0.2, 0.25) is 0 Å². The van der Waals surface area contributed by atoms with Gasteiger partial charge < -0.3 is 10.2 Å². The summed E-state index contributed by atoms with van der Waals surface area (Å²) in [4.78, 5) is 7.08. The molecule has 1 fully saturated rings. The first kappa shape index (κ1) is 11.4. The summed E-state index contributed by atoms with van der Waals surface area (Å²) >= 11 is 0. The third-order valence-corrected chi connectivity index (χ3v) is 3.33. The van der Waals surface area contributed by atoms with Crippen LogP contribution in [0.4, 0.5) is 5.82 Å². The largest absolute Gasteiger partial charge is 0.354 e. The van der Waals surface area contributed by atoms with Gasteiger partial charge in [-0.15, -0.1) is 0 Å². The number of aromatic nitrogens is 1. The molecule has 0 atom stereocenters. The normalized spacial score (nSPS) is 16.3. The highest BCUT2D eigenvalue weighted by molar-refractivity contribution is 5.48. The van der Waals surface area contributed by atoms with E-state index >= 15 is 0 Å². The lowest BCUT2D eigenvalue weighted by molar-refractivity contribution is 0.426. The lowest BCUT2D eigenvalue weighted by atomic mass is 10.1. The van der Waals surface area contributed by atoms with E-state index in [1.54, 1.807) is 0 Å². The maximum atomic E-state index is 4.77. The number of nitrogens with one attached hydrogen (secondary N) is 1. The summed E-state index contributed by atoms with van der Waals surface area (Å²) < 4.78 is 0. The lowest BCUT2D eigenvalue weighted by Crippen LogP contribution is -2.56. The van der Waals surface area contributed by atoms with Crippen LogP contribution in [0.15, 0.2) is 12.1 Å². The maximum absolute atomic E-state index is 4.77. The zero-order valence-electron chi connectivity index (χ0n) is 10.6. The molecule has 0 aromatic carbocycles. The monoisotopic (exact) mass is 219 g/mol. The molecule has 0 radical (unpaired) electrons. The van der Waals surface area contributed by atoms with Crippen LogP contribution in [0.3, 0.4) is 0 Å². The predicted octanol–water partition coefficient (Wildman–Crippen LogP) is 1.92. The number of anilines is 1. The van der Waals surface area contributed by atoms with Gasteiger partial charge in [0.05, 0.1) is 6.04 Å². The Bertz CT molecular complexity index is 369. The Hall–Kier alpha value is -1.09. The van der Waals surface area contributed by atoms with Crippen molar-refractivity contribution < 1.29 is 0 Å². The molecule has 1 saturated heterocycles. The lowest BCUT2D eigenvalue weighted by Gasteiger charge is -2.37. The van der Waals surface area contributed by atoms with Crippen molar-refractivity contribution in [2.45, 2.75) is 32.7 Å². The van der Waals surface area contributed by atoms with Gasteiger partial charge in [0, 0.05) is 25.8 Å². The Morgan fingerprint density at radius 1 is 1.38 bits per heavy atom. The van der Waals surface area contributed by atoms with Crippen LogP contribution in [0.25, 0.3) is 0 Å². The molecule has 2 heterocycles. The van der Waals surface area contributed by atoms with Gasteiger partial charge in [-0.2, -0.15) is 0 Å². The molecule has 1 aliphatic rings. The third kappa shape index (κ3) is 2.05. The number of hydrogen-bond donors (Lipinski definition) is 1. The molecule has 0 amide bonds. The van der Waals surface area contributed by atoms with Crippen LogP contribution >= 0.6 is 0 Å². The Morgan fingerprint density at radius 2 is 2.06 bits per heavy atom. The molecule has 3 heteroatoms. The van der Waals surface area contributed by atoms with Crippen LogP contribution in [0.2, 0.25) is 0 Å². The first-order valence-electron chi connectivity index (χ1n) is 6.00. The van der Waals surface area contributed by atoms with Crippen LogP contribution in [0, 0.1) is 6.92 Å². The number of nitrogens with zero attached hydrogens (tertiary/aromatic N) is 2. The van der Waals surface area contributed by atoms with E-state index < -0.39 is 0 Å². The van der Waals surface area contributed by atoms with Crippen molar-refractivity contribution in [3.05, 3.63) is 23.4 Å². The molecule has 88 valence electrons. The summed E-state index contributed by atoms with van der Waals surface area (Å²) in [5.74, 6) is 1.63. The molecular weight excluding hydrogens is 198 g/mol. The first-order chi connectivity index (χ1) is 7.59. The van der Waals surface area contributed by atoms with Crippen LogP contribution in [-0.4, -0.2) is 31.2 Å². The number of likely N-dealkylation sites (N-methyl/N-ethyl adjacent to an activating group) is 1. The first-order valence-corrected chi connectivity index (χ1v) is 6.00. The van der Waals surface area contributed by atoms with Crippen molar-refractivity contribution in [3.8, 4) is 0 Å². The second kappa shape index (κ2) is 4.42. The molecule has 3 nitrogen and oxygen atoms in total. The highest BCUT2D eigenvalue weighted by Gasteiger charge is 2.23. The summed E-state index contributed by atoms with van der Waals surface area (Å²) in [6, 6.07) is 4.92. The summed E-state index contributed by atoms with van der Waals surface area (Å²) in [5, 5.41) is 3.30. The molecule has 0 spiro atoms. The van der Waals surface area contributed by atoms with Gasteiger partial charge in [-0.3, -0.25) is 0 Å². The van der Waals surface area contributed by atoms with E-state index in [1.165, 1.54) is 11.3 Å². The summed E-state index contributed by atoms with van der Waals surface area (Å²) in [6.45, 7) is 8.65. The van der Waals surface area contributed by atoms with E-state index in [9.17, 15) is 0 Å². The zero-order chi connectivity index (χ0) is 11.7. The minimum Gasteiger partial charge on any atom is -0.354 e. The van der Waals surface area contributed by atoms with Crippen molar-refractivity contribution in [1.29, 1.82) is 0 Å². The predicted molar refractivity (Wildman–Crippen MR) is 68.1 cm³/mol. The number of aryl methyl sites for hydroxylation is 1. The van der Waals surface area contributed by atoms with E-state index in [1.807, 2.05) is 0 Å². The van der Waals surface area contributed by atoms with E-state index in [0.717, 1.165) is 18.9 Å². The van der Waals surface area contributed by atoms with Gasteiger partial charge in [0.1, 0.15) is 5.82 Å². The van der Waals surface area contributed by atoms with E-state index in [0.29, 0.717) is 12.0 Å². The molecular formula is C13H21N3. The van der Waals surface area contributed by atoms with Gasteiger partial charge >= 0.3 is 0 Å². The minimum atomic E-state index is 0.493. The second-order valence-electron chi connectivity index (χ2n) is 4.95. The van der Waals surface area contributed by atoms with Gasteiger partial charge in [-0.25, -0.2) is 4.98 Å². The highest BCUT2D eigenvalue weighted by Crippen LogP contribution is 2.22. The standard InChI is InChI=1S/C13H21N3/c1-9(2)12-6-5-10(3)13(15-12)16(4)11-7-14-8-11/h5-6,9,11,14H,7-8H2,1-4H3. The Kier molecular flexibility index (Phi) is 3.15. The van der Waals surface area contributed by atoms with E-state index in [4.69, 9.17) is 4.98 Å². The topological polar surface area (TPSA) is 28.2 Å². The molecule has 0 aliphatic carbocycles. The van der Waals surface area contributed by atoms with Crippen molar-refractivity contribution in [2.75, 3.05) is 25.0 Å². The average Bonchev–Trinajstić information content (AvgIpc) is 2.15. The average molecular weight is 219 g/mol.